The Morgan fingerprint density at radius 2 is 1.89 bits per heavy atom. The van der Waals surface area contributed by atoms with Crippen molar-refractivity contribution in [2.45, 2.75) is 13.1 Å². The summed E-state index contributed by atoms with van der Waals surface area (Å²) >= 11 is 5.94. The molecule has 8 nitrogen and oxygen atoms in total. The summed E-state index contributed by atoms with van der Waals surface area (Å²) in [4.78, 5) is 30.7. The van der Waals surface area contributed by atoms with E-state index < -0.39 is 11.3 Å². The topological polar surface area (TPSA) is 79.7 Å². The number of carbonyl (C=O) groups is 1. The second-order valence-corrected chi connectivity index (χ2v) is 9.51. The van der Waals surface area contributed by atoms with Gasteiger partial charge >= 0.3 is 0 Å². The van der Waals surface area contributed by atoms with Crippen molar-refractivity contribution in [1.29, 1.82) is 0 Å². The summed E-state index contributed by atoms with van der Waals surface area (Å²) < 4.78 is 7.04. The third kappa shape index (κ3) is 6.31. The number of hydrogen-bond acceptors (Lipinski definition) is 6. The minimum atomic E-state index is -0.522. The van der Waals surface area contributed by atoms with Crippen molar-refractivity contribution >= 4 is 28.4 Å². The zero-order valence-corrected chi connectivity index (χ0v) is 21.6. The Morgan fingerprint density at radius 1 is 1.17 bits per heavy atom. The molecule has 36 heavy (non-hydrogen) atoms. The van der Waals surface area contributed by atoms with Gasteiger partial charge in [0.15, 0.2) is 5.69 Å². The van der Waals surface area contributed by atoms with Crippen molar-refractivity contribution in [3.8, 4) is 11.8 Å². The first-order valence-electron chi connectivity index (χ1n) is 11.8. The van der Waals surface area contributed by atoms with E-state index in [9.17, 15) is 9.59 Å². The molecule has 0 bridgehead atoms. The Bertz CT molecular complexity index is 1370. The first-order chi connectivity index (χ1) is 17.3. The zero-order valence-electron chi connectivity index (χ0n) is 20.8. The molecule has 4 rings (SSSR count). The third-order valence-electron chi connectivity index (χ3n) is 5.91. The van der Waals surface area contributed by atoms with Gasteiger partial charge in [0.1, 0.15) is 0 Å². The Morgan fingerprint density at radius 3 is 2.58 bits per heavy atom. The molecule has 1 fully saturated rings. The van der Waals surface area contributed by atoms with Gasteiger partial charge in [-0.25, -0.2) is 0 Å². The average Bonchev–Trinajstić information content (AvgIpc) is 2.86. The first kappa shape index (κ1) is 25.9. The lowest BCUT2D eigenvalue weighted by molar-refractivity contribution is 0.0342. The smallest absolute Gasteiger partial charge is 0.276 e. The number of amides is 1. The van der Waals surface area contributed by atoms with Gasteiger partial charge < -0.3 is 10.1 Å². The van der Waals surface area contributed by atoms with Gasteiger partial charge in [0.25, 0.3) is 5.91 Å². The lowest BCUT2D eigenvalue weighted by Gasteiger charge is -2.26. The van der Waals surface area contributed by atoms with Crippen LogP contribution < -0.4 is 10.7 Å². The van der Waals surface area contributed by atoms with Crippen LogP contribution in [0.3, 0.4) is 0 Å². The number of aryl methyl sites for hydroxylation is 1. The molecule has 188 valence electrons. The molecule has 1 aliphatic heterocycles. The van der Waals surface area contributed by atoms with E-state index in [1.54, 1.807) is 23.9 Å². The van der Waals surface area contributed by atoms with Crippen molar-refractivity contribution in [2.75, 3.05) is 46.9 Å². The van der Waals surface area contributed by atoms with Crippen LogP contribution in [-0.2, 0) is 24.9 Å². The molecular formula is C27H30ClN5O3. The molecule has 0 saturated carbocycles. The SMILES string of the molecule is CN(C)CC#Cc1cc(CN2CCOCC2)cc2c(=O)c(C(=O)NCc3ccc(Cl)cc3)nn(C)c12. The standard InChI is InChI=1S/C27H30ClN5O3/c1-31(2)10-4-5-21-15-20(18-33-11-13-36-14-12-33)16-23-25(21)32(3)30-24(26(23)34)27(35)29-17-19-6-8-22(28)9-7-19/h6-9,15-16H,10-14,17-18H2,1-3H3,(H,29,35). The number of hydrogen-bond donors (Lipinski definition) is 1. The zero-order chi connectivity index (χ0) is 25.7. The number of carbonyl (C=O) groups excluding carboxylic acids is 1. The first-order valence-corrected chi connectivity index (χ1v) is 12.2. The van der Waals surface area contributed by atoms with Gasteiger partial charge in [0.05, 0.1) is 36.2 Å². The Balaban J connectivity index is 1.71. The molecule has 1 N–H and O–H groups in total. The van der Waals surface area contributed by atoms with Crippen LogP contribution in [0.25, 0.3) is 10.9 Å². The van der Waals surface area contributed by atoms with Gasteiger partial charge in [0.2, 0.25) is 5.43 Å². The number of fused-ring (bicyclic) bond motifs is 1. The van der Waals surface area contributed by atoms with Crippen LogP contribution in [-0.4, -0.2) is 72.4 Å². The van der Waals surface area contributed by atoms with Gasteiger partial charge in [-0.1, -0.05) is 35.6 Å². The molecule has 0 spiro atoms. The molecular weight excluding hydrogens is 478 g/mol. The van der Waals surface area contributed by atoms with Crippen LogP contribution in [0, 0.1) is 11.8 Å². The lowest BCUT2D eigenvalue weighted by Crippen LogP contribution is -2.35. The fourth-order valence-corrected chi connectivity index (χ4v) is 4.23. The summed E-state index contributed by atoms with van der Waals surface area (Å²) in [7, 11) is 5.64. The van der Waals surface area contributed by atoms with Crippen molar-refractivity contribution < 1.29 is 9.53 Å². The molecule has 1 saturated heterocycles. The summed E-state index contributed by atoms with van der Waals surface area (Å²) in [6.07, 6.45) is 0. The predicted octanol–water partition coefficient (Wildman–Crippen LogP) is 2.26. The van der Waals surface area contributed by atoms with E-state index in [1.165, 1.54) is 0 Å². The molecule has 0 radical (unpaired) electrons. The lowest BCUT2D eigenvalue weighted by atomic mass is 10.0. The van der Waals surface area contributed by atoms with Gasteiger partial charge in [-0.3, -0.25) is 24.1 Å². The minimum absolute atomic E-state index is 0.144. The summed E-state index contributed by atoms with van der Waals surface area (Å²) in [6.45, 7) is 4.54. The van der Waals surface area contributed by atoms with Crippen molar-refractivity contribution in [3.63, 3.8) is 0 Å². The summed E-state index contributed by atoms with van der Waals surface area (Å²) in [5.41, 5.74) is 2.63. The maximum absolute atomic E-state index is 13.5. The summed E-state index contributed by atoms with van der Waals surface area (Å²) in [5, 5.41) is 8.19. The number of morpholine rings is 1. The second-order valence-electron chi connectivity index (χ2n) is 9.08. The average molecular weight is 508 g/mol. The fraction of sp³-hybridized carbons (Fsp3) is 0.370. The Kier molecular flexibility index (Phi) is 8.39. The van der Waals surface area contributed by atoms with Crippen molar-refractivity contribution in [1.82, 2.24) is 24.9 Å². The van der Waals surface area contributed by atoms with E-state index in [4.69, 9.17) is 16.3 Å². The molecule has 2 heterocycles. The highest BCUT2D eigenvalue weighted by molar-refractivity contribution is 6.30. The van der Waals surface area contributed by atoms with Crippen LogP contribution in [0.4, 0.5) is 0 Å². The third-order valence-corrected chi connectivity index (χ3v) is 6.16. The molecule has 1 amide bonds. The maximum Gasteiger partial charge on any atom is 0.276 e. The molecule has 0 unspecified atom stereocenters. The van der Waals surface area contributed by atoms with Crippen LogP contribution >= 0.6 is 11.6 Å². The normalized spacial score (nSPS) is 14.0. The highest BCUT2D eigenvalue weighted by Gasteiger charge is 2.20. The van der Waals surface area contributed by atoms with Crippen LogP contribution in [0.5, 0.6) is 0 Å². The van der Waals surface area contributed by atoms with E-state index >= 15 is 0 Å². The van der Waals surface area contributed by atoms with Crippen LogP contribution in [0.2, 0.25) is 5.02 Å². The molecule has 0 aliphatic carbocycles. The summed E-state index contributed by atoms with van der Waals surface area (Å²) in [6, 6.07) is 11.0. The van der Waals surface area contributed by atoms with Crippen molar-refractivity contribution in [2.24, 2.45) is 7.05 Å². The van der Waals surface area contributed by atoms with Crippen LogP contribution in [0.1, 0.15) is 27.2 Å². The Hall–Kier alpha value is -3.22. The highest BCUT2D eigenvalue weighted by atomic mass is 35.5. The molecule has 3 aromatic rings. The van der Waals surface area contributed by atoms with Gasteiger partial charge in [-0.05, 0) is 49.5 Å². The number of ether oxygens (including phenoxy) is 1. The highest BCUT2D eigenvalue weighted by Crippen LogP contribution is 2.20. The molecule has 2 aromatic carbocycles. The van der Waals surface area contributed by atoms with E-state index in [1.807, 2.05) is 43.3 Å². The van der Waals surface area contributed by atoms with Crippen LogP contribution in [0.15, 0.2) is 41.2 Å². The van der Waals surface area contributed by atoms with Gasteiger partial charge in [-0.2, -0.15) is 5.10 Å². The number of benzene rings is 2. The number of rotatable bonds is 6. The second kappa shape index (κ2) is 11.7. The number of nitrogens with one attached hydrogen (secondary N) is 1. The van der Waals surface area contributed by atoms with Gasteiger partial charge in [0, 0.05) is 38.2 Å². The quantitative estimate of drug-likeness (QED) is 0.516. The molecule has 0 atom stereocenters. The number of halogens is 1. The maximum atomic E-state index is 13.5. The van der Waals surface area contributed by atoms with E-state index in [2.05, 4.69) is 27.2 Å². The summed E-state index contributed by atoms with van der Waals surface area (Å²) in [5.74, 6) is 5.86. The molecule has 1 aliphatic rings. The minimum Gasteiger partial charge on any atom is -0.379 e. The number of nitrogens with zero attached hydrogens (tertiary/aromatic N) is 4. The fourth-order valence-electron chi connectivity index (χ4n) is 4.10. The molecule has 1 aromatic heterocycles. The van der Waals surface area contributed by atoms with Gasteiger partial charge in [-0.15, -0.1) is 0 Å². The molecule has 9 heteroatoms. The van der Waals surface area contributed by atoms with Crippen molar-refractivity contribution in [3.05, 3.63) is 74.0 Å². The largest absolute Gasteiger partial charge is 0.379 e. The number of aromatic nitrogens is 2. The Labute approximate surface area is 215 Å². The van der Waals surface area contributed by atoms with E-state index in [0.29, 0.717) is 42.2 Å². The van der Waals surface area contributed by atoms with E-state index in [-0.39, 0.29) is 12.2 Å². The van der Waals surface area contributed by atoms with E-state index in [0.717, 1.165) is 29.8 Å². The monoisotopic (exact) mass is 507 g/mol. The predicted molar refractivity (Wildman–Crippen MR) is 141 cm³/mol.